The Labute approximate surface area is 66.2 Å². The standard InChI is InChI=1S/C4H6N4O4/c5-1(3(9)10)2(4(11)12)7-8-6/h1-2H,5H2,(H,9,10)(H,11,12)/t1-,2?/m0/s1. The molecule has 0 saturated heterocycles. The first-order valence-electron chi connectivity index (χ1n) is 2.76. The van der Waals surface area contributed by atoms with Crippen LogP contribution < -0.4 is 5.73 Å². The van der Waals surface area contributed by atoms with E-state index in [-0.39, 0.29) is 0 Å². The van der Waals surface area contributed by atoms with Crippen LogP contribution >= 0.6 is 0 Å². The summed E-state index contributed by atoms with van der Waals surface area (Å²) in [4.78, 5) is 22.5. The molecule has 12 heavy (non-hydrogen) atoms. The van der Waals surface area contributed by atoms with Gasteiger partial charge in [0.1, 0.15) is 6.04 Å². The highest BCUT2D eigenvalue weighted by Gasteiger charge is 2.29. The Morgan fingerprint density at radius 2 is 1.92 bits per heavy atom. The molecule has 0 aromatic carbocycles. The second-order valence-electron chi connectivity index (χ2n) is 1.85. The smallest absolute Gasteiger partial charge is 0.321 e. The maximum Gasteiger partial charge on any atom is 0.321 e. The van der Waals surface area contributed by atoms with Gasteiger partial charge in [0.2, 0.25) is 0 Å². The number of hydrogen-bond donors (Lipinski definition) is 3. The third kappa shape index (κ3) is 2.45. The van der Waals surface area contributed by atoms with Crippen molar-refractivity contribution in [2.24, 2.45) is 10.8 Å². The summed E-state index contributed by atoms with van der Waals surface area (Å²) in [6.07, 6.45) is 0. The Hall–Kier alpha value is -1.79. The van der Waals surface area contributed by atoms with Crippen molar-refractivity contribution in [2.45, 2.75) is 12.1 Å². The lowest BCUT2D eigenvalue weighted by Gasteiger charge is -2.09. The van der Waals surface area contributed by atoms with Crippen molar-refractivity contribution < 1.29 is 19.8 Å². The molecule has 0 fully saturated rings. The average molecular weight is 174 g/mol. The van der Waals surface area contributed by atoms with Gasteiger partial charge < -0.3 is 15.9 Å². The molecule has 0 heterocycles. The van der Waals surface area contributed by atoms with Crippen molar-refractivity contribution in [3.05, 3.63) is 10.4 Å². The number of azide groups is 1. The number of nitrogens with two attached hydrogens (primary N) is 1. The number of aliphatic carboxylic acids is 2. The topological polar surface area (TPSA) is 149 Å². The van der Waals surface area contributed by atoms with Gasteiger partial charge in [-0.1, -0.05) is 5.11 Å². The van der Waals surface area contributed by atoms with E-state index < -0.39 is 24.0 Å². The number of carboxylic acid groups (broad SMARTS) is 2. The Bertz CT molecular complexity index is 243. The second kappa shape index (κ2) is 4.16. The molecule has 2 atom stereocenters. The van der Waals surface area contributed by atoms with Crippen LogP contribution in [-0.4, -0.2) is 34.2 Å². The summed E-state index contributed by atoms with van der Waals surface area (Å²) < 4.78 is 0. The third-order valence-electron chi connectivity index (χ3n) is 1.05. The molecule has 0 radical (unpaired) electrons. The van der Waals surface area contributed by atoms with E-state index in [4.69, 9.17) is 21.5 Å². The fourth-order valence-electron chi connectivity index (χ4n) is 0.466. The first-order chi connectivity index (χ1) is 5.50. The fraction of sp³-hybridized carbons (Fsp3) is 0.500. The van der Waals surface area contributed by atoms with Gasteiger partial charge in [0.25, 0.3) is 0 Å². The predicted molar refractivity (Wildman–Crippen MR) is 36.2 cm³/mol. The molecule has 0 aliphatic rings. The lowest BCUT2D eigenvalue weighted by Crippen LogP contribution is -2.44. The highest BCUT2D eigenvalue weighted by molar-refractivity contribution is 5.85. The zero-order valence-corrected chi connectivity index (χ0v) is 5.78. The molecule has 8 heteroatoms. The van der Waals surface area contributed by atoms with E-state index in [0.29, 0.717) is 0 Å². The summed E-state index contributed by atoms with van der Waals surface area (Å²) in [5, 5.41) is 19.3. The lowest BCUT2D eigenvalue weighted by atomic mass is 10.1. The first kappa shape index (κ1) is 10.2. The van der Waals surface area contributed by atoms with Crippen LogP contribution in [0.25, 0.3) is 10.4 Å². The van der Waals surface area contributed by atoms with Crippen molar-refractivity contribution in [3.63, 3.8) is 0 Å². The molecule has 8 nitrogen and oxygen atoms in total. The highest BCUT2D eigenvalue weighted by Crippen LogP contribution is 1.97. The van der Waals surface area contributed by atoms with Gasteiger partial charge in [-0.3, -0.25) is 9.59 Å². The molecule has 0 aromatic heterocycles. The minimum Gasteiger partial charge on any atom is -0.481 e. The van der Waals surface area contributed by atoms with E-state index in [2.05, 4.69) is 10.0 Å². The fourth-order valence-corrected chi connectivity index (χ4v) is 0.466. The molecule has 1 unspecified atom stereocenters. The summed E-state index contributed by atoms with van der Waals surface area (Å²) in [7, 11) is 0. The van der Waals surface area contributed by atoms with Gasteiger partial charge in [-0.05, 0) is 5.53 Å². The van der Waals surface area contributed by atoms with Crippen molar-refractivity contribution in [2.75, 3.05) is 0 Å². The van der Waals surface area contributed by atoms with Crippen LogP contribution in [0.15, 0.2) is 5.11 Å². The summed E-state index contributed by atoms with van der Waals surface area (Å²) >= 11 is 0. The molecule has 66 valence electrons. The SMILES string of the molecule is [N-]=[N+]=NC(C(=O)O)[C@H](N)C(=O)O. The zero-order chi connectivity index (χ0) is 9.72. The van der Waals surface area contributed by atoms with Gasteiger partial charge in [0.15, 0.2) is 6.04 Å². The maximum absolute atomic E-state index is 10.2. The number of carboxylic acids is 2. The van der Waals surface area contributed by atoms with E-state index in [1.165, 1.54) is 0 Å². The van der Waals surface area contributed by atoms with Crippen LogP contribution in [0.2, 0.25) is 0 Å². The maximum atomic E-state index is 10.2. The number of rotatable bonds is 4. The molecule has 0 aliphatic carbocycles. The largest absolute Gasteiger partial charge is 0.481 e. The van der Waals surface area contributed by atoms with E-state index in [9.17, 15) is 9.59 Å². The van der Waals surface area contributed by atoms with Gasteiger partial charge in [-0.25, -0.2) is 0 Å². The van der Waals surface area contributed by atoms with E-state index in [0.717, 1.165) is 0 Å². The Morgan fingerprint density at radius 3 is 2.17 bits per heavy atom. The average Bonchev–Trinajstić information content (AvgIpc) is 1.98. The van der Waals surface area contributed by atoms with Crippen molar-refractivity contribution in [3.8, 4) is 0 Å². The summed E-state index contributed by atoms with van der Waals surface area (Å²) in [5.74, 6) is -3.10. The van der Waals surface area contributed by atoms with Gasteiger partial charge in [0.05, 0.1) is 0 Å². The molecule has 0 spiro atoms. The third-order valence-corrected chi connectivity index (χ3v) is 1.05. The molecule has 0 rings (SSSR count). The molecule has 0 bridgehead atoms. The lowest BCUT2D eigenvalue weighted by molar-refractivity contribution is -0.146. The van der Waals surface area contributed by atoms with Gasteiger partial charge in [0, 0.05) is 4.91 Å². The monoisotopic (exact) mass is 174 g/mol. The van der Waals surface area contributed by atoms with Crippen molar-refractivity contribution in [1.29, 1.82) is 0 Å². The minimum absolute atomic E-state index is 1.53. The van der Waals surface area contributed by atoms with E-state index in [1.54, 1.807) is 0 Å². The zero-order valence-electron chi connectivity index (χ0n) is 5.78. The van der Waals surface area contributed by atoms with Crippen LogP contribution in [0.3, 0.4) is 0 Å². The molecule has 0 amide bonds. The first-order valence-corrected chi connectivity index (χ1v) is 2.76. The summed E-state index contributed by atoms with van der Waals surface area (Å²) in [6, 6.07) is -3.49. The van der Waals surface area contributed by atoms with E-state index in [1.807, 2.05) is 0 Å². The van der Waals surface area contributed by atoms with Gasteiger partial charge in [-0.2, -0.15) is 0 Å². The molecule has 0 aliphatic heterocycles. The van der Waals surface area contributed by atoms with Crippen LogP contribution in [0.4, 0.5) is 0 Å². The predicted octanol–water partition coefficient (Wildman–Crippen LogP) is -0.838. The number of nitrogens with zero attached hydrogens (tertiary/aromatic N) is 3. The molecular weight excluding hydrogens is 168 g/mol. The van der Waals surface area contributed by atoms with Gasteiger partial charge in [-0.15, -0.1) is 0 Å². The summed E-state index contributed by atoms with van der Waals surface area (Å²) in [5.41, 5.74) is 12.8. The quantitative estimate of drug-likeness (QED) is 0.288. The normalized spacial score (nSPS) is 14.1. The van der Waals surface area contributed by atoms with Crippen molar-refractivity contribution >= 4 is 11.9 Å². The van der Waals surface area contributed by atoms with Crippen LogP contribution in [-0.2, 0) is 9.59 Å². The number of carbonyl (C=O) groups is 2. The van der Waals surface area contributed by atoms with Crippen molar-refractivity contribution in [1.82, 2.24) is 0 Å². The highest BCUT2D eigenvalue weighted by atomic mass is 16.4. The Balaban J connectivity index is 4.62. The van der Waals surface area contributed by atoms with Gasteiger partial charge >= 0.3 is 11.9 Å². The molecule has 0 aromatic rings. The molecule has 0 saturated carbocycles. The molecule has 4 N–H and O–H groups in total. The molecular formula is C4H6N4O4. The number of hydrogen-bond acceptors (Lipinski definition) is 4. The minimum atomic E-state index is -1.77. The Kier molecular flexibility index (Phi) is 3.54. The van der Waals surface area contributed by atoms with Crippen LogP contribution in [0.5, 0.6) is 0 Å². The van der Waals surface area contributed by atoms with E-state index >= 15 is 0 Å². The van der Waals surface area contributed by atoms with Crippen LogP contribution in [0.1, 0.15) is 0 Å². The second-order valence-corrected chi connectivity index (χ2v) is 1.85. The Morgan fingerprint density at radius 1 is 1.42 bits per heavy atom. The summed E-state index contributed by atoms with van der Waals surface area (Å²) in [6.45, 7) is 0. The van der Waals surface area contributed by atoms with Crippen LogP contribution in [0, 0.1) is 0 Å².